The molecular weight excluding hydrogens is 324 g/mol. The van der Waals surface area contributed by atoms with Crippen LogP contribution < -0.4 is 0 Å². The first-order chi connectivity index (χ1) is 11.4. The van der Waals surface area contributed by atoms with E-state index in [9.17, 15) is 13.2 Å². The molecule has 0 spiro atoms. The van der Waals surface area contributed by atoms with Crippen LogP contribution in [0.15, 0.2) is 30.3 Å². The van der Waals surface area contributed by atoms with E-state index < -0.39 is 10.0 Å². The topological polar surface area (TPSA) is 57.7 Å². The largest absolute Gasteiger partial charge is 0.342 e. The third kappa shape index (κ3) is 3.98. The molecule has 132 valence electrons. The van der Waals surface area contributed by atoms with Crippen molar-refractivity contribution in [2.24, 2.45) is 5.92 Å². The van der Waals surface area contributed by atoms with Crippen LogP contribution in [0.5, 0.6) is 0 Å². The minimum absolute atomic E-state index is 0.0173. The predicted molar refractivity (Wildman–Crippen MR) is 94.1 cm³/mol. The molecule has 2 aliphatic rings. The summed E-state index contributed by atoms with van der Waals surface area (Å²) < 4.78 is 24.6. The lowest BCUT2D eigenvalue weighted by Gasteiger charge is -2.37. The molecule has 1 aromatic rings. The van der Waals surface area contributed by atoms with Gasteiger partial charge in [-0.2, -0.15) is 0 Å². The van der Waals surface area contributed by atoms with E-state index in [1.54, 1.807) is 0 Å². The van der Waals surface area contributed by atoms with Gasteiger partial charge in [0.25, 0.3) is 0 Å². The van der Waals surface area contributed by atoms with Gasteiger partial charge in [-0.25, -0.2) is 12.7 Å². The van der Waals surface area contributed by atoms with Gasteiger partial charge in [0, 0.05) is 32.1 Å². The second-order valence-corrected chi connectivity index (χ2v) is 8.93. The van der Waals surface area contributed by atoms with Gasteiger partial charge in [-0.05, 0) is 37.2 Å². The fraction of sp³-hybridized carbons (Fsp3) is 0.611. The Morgan fingerprint density at radius 2 is 1.54 bits per heavy atom. The van der Waals surface area contributed by atoms with E-state index >= 15 is 0 Å². The van der Waals surface area contributed by atoms with E-state index in [2.05, 4.69) is 24.3 Å². The van der Waals surface area contributed by atoms with E-state index in [0.29, 0.717) is 31.8 Å². The highest BCUT2D eigenvalue weighted by molar-refractivity contribution is 7.88. The van der Waals surface area contributed by atoms with Gasteiger partial charge in [-0.15, -0.1) is 0 Å². The third-order valence-corrected chi connectivity index (χ3v) is 6.65. The number of likely N-dealkylation sites (tertiary alicyclic amines) is 1. The van der Waals surface area contributed by atoms with Crippen molar-refractivity contribution in [2.45, 2.75) is 31.6 Å². The van der Waals surface area contributed by atoms with E-state index in [4.69, 9.17) is 0 Å². The summed E-state index contributed by atoms with van der Waals surface area (Å²) in [5.41, 5.74) is 1.37. The summed E-state index contributed by atoms with van der Waals surface area (Å²) in [4.78, 5) is 14.7. The van der Waals surface area contributed by atoms with Gasteiger partial charge in [0.05, 0.1) is 6.26 Å². The average Bonchev–Trinajstić information content (AvgIpc) is 2.61. The van der Waals surface area contributed by atoms with Crippen molar-refractivity contribution in [1.29, 1.82) is 0 Å². The minimum atomic E-state index is -3.13. The van der Waals surface area contributed by atoms with Crippen molar-refractivity contribution in [3.63, 3.8) is 0 Å². The highest BCUT2D eigenvalue weighted by Crippen LogP contribution is 2.29. The summed E-state index contributed by atoms with van der Waals surface area (Å²) in [6.45, 7) is 2.56. The molecule has 2 saturated heterocycles. The Labute approximate surface area is 144 Å². The zero-order chi connectivity index (χ0) is 17.2. The SMILES string of the molecule is CS(=O)(=O)N1CCC(C(=O)N2CCC(c3ccccc3)CC2)CC1. The zero-order valence-electron chi connectivity index (χ0n) is 14.2. The molecule has 2 heterocycles. The van der Waals surface area contributed by atoms with Gasteiger partial charge in [0.1, 0.15) is 0 Å². The quantitative estimate of drug-likeness (QED) is 0.838. The summed E-state index contributed by atoms with van der Waals surface area (Å²) in [6.07, 6.45) is 4.55. The molecule has 0 aromatic heterocycles. The molecule has 1 aromatic carbocycles. The lowest BCUT2D eigenvalue weighted by molar-refractivity contribution is -0.137. The maximum absolute atomic E-state index is 12.7. The molecule has 0 aliphatic carbocycles. The average molecular weight is 350 g/mol. The molecule has 0 atom stereocenters. The molecule has 6 heteroatoms. The second kappa shape index (κ2) is 7.23. The Bertz CT molecular complexity index is 659. The number of carbonyl (C=O) groups excluding carboxylic acids is 1. The molecule has 0 bridgehead atoms. The van der Waals surface area contributed by atoms with Crippen molar-refractivity contribution in [3.8, 4) is 0 Å². The zero-order valence-corrected chi connectivity index (χ0v) is 15.0. The first kappa shape index (κ1) is 17.4. The highest BCUT2D eigenvalue weighted by Gasteiger charge is 2.33. The number of hydrogen-bond donors (Lipinski definition) is 0. The van der Waals surface area contributed by atoms with Crippen LogP contribution in [0.2, 0.25) is 0 Å². The van der Waals surface area contributed by atoms with Crippen molar-refractivity contribution < 1.29 is 13.2 Å². The molecule has 5 nitrogen and oxygen atoms in total. The van der Waals surface area contributed by atoms with E-state index in [1.807, 2.05) is 11.0 Å². The van der Waals surface area contributed by atoms with Crippen molar-refractivity contribution >= 4 is 15.9 Å². The van der Waals surface area contributed by atoms with Gasteiger partial charge >= 0.3 is 0 Å². The van der Waals surface area contributed by atoms with Crippen LogP contribution in [0.25, 0.3) is 0 Å². The molecule has 0 saturated carbocycles. The number of nitrogens with zero attached hydrogens (tertiary/aromatic N) is 2. The lowest BCUT2D eigenvalue weighted by Crippen LogP contribution is -2.46. The van der Waals surface area contributed by atoms with Gasteiger partial charge in [0.15, 0.2) is 0 Å². The molecule has 0 unspecified atom stereocenters. The molecule has 24 heavy (non-hydrogen) atoms. The molecule has 3 rings (SSSR count). The standard InChI is InChI=1S/C18H26N2O3S/c1-24(22,23)20-13-9-17(10-14-20)18(21)19-11-7-16(8-12-19)15-5-3-2-4-6-15/h2-6,16-17H,7-14H2,1H3. The van der Waals surface area contributed by atoms with Crippen LogP contribution in [0.1, 0.15) is 37.2 Å². The van der Waals surface area contributed by atoms with Crippen LogP contribution in [-0.2, 0) is 14.8 Å². The second-order valence-electron chi connectivity index (χ2n) is 6.95. The maximum atomic E-state index is 12.7. The Morgan fingerprint density at radius 1 is 0.958 bits per heavy atom. The molecule has 0 radical (unpaired) electrons. The summed E-state index contributed by atoms with van der Waals surface area (Å²) in [5, 5.41) is 0. The smallest absolute Gasteiger partial charge is 0.225 e. The first-order valence-electron chi connectivity index (χ1n) is 8.74. The fourth-order valence-corrected chi connectivity index (χ4v) is 4.73. The van der Waals surface area contributed by atoms with Crippen LogP contribution in [0.3, 0.4) is 0 Å². The monoisotopic (exact) mass is 350 g/mol. The van der Waals surface area contributed by atoms with Gasteiger partial charge in [-0.3, -0.25) is 4.79 Å². The van der Waals surface area contributed by atoms with Crippen molar-refractivity contribution in [2.75, 3.05) is 32.4 Å². The number of sulfonamides is 1. The van der Waals surface area contributed by atoms with Crippen LogP contribution in [-0.4, -0.2) is 56.0 Å². The summed E-state index contributed by atoms with van der Waals surface area (Å²) >= 11 is 0. The summed E-state index contributed by atoms with van der Waals surface area (Å²) in [5.74, 6) is 0.744. The number of carbonyl (C=O) groups is 1. The fourth-order valence-electron chi connectivity index (χ4n) is 3.85. The summed E-state index contributed by atoms with van der Waals surface area (Å²) in [7, 11) is -3.13. The number of rotatable bonds is 3. The minimum Gasteiger partial charge on any atom is -0.342 e. The van der Waals surface area contributed by atoms with E-state index in [-0.39, 0.29) is 11.8 Å². The third-order valence-electron chi connectivity index (χ3n) is 5.35. The summed E-state index contributed by atoms with van der Waals surface area (Å²) in [6, 6.07) is 10.5. The van der Waals surface area contributed by atoms with E-state index in [1.165, 1.54) is 16.1 Å². The van der Waals surface area contributed by atoms with Gasteiger partial charge in [0.2, 0.25) is 15.9 Å². The Kier molecular flexibility index (Phi) is 5.25. The lowest BCUT2D eigenvalue weighted by atomic mass is 9.88. The molecular formula is C18H26N2O3S. The normalized spacial score (nSPS) is 21.8. The predicted octanol–water partition coefficient (Wildman–Crippen LogP) is 2.06. The number of piperidine rings is 2. The molecule has 1 amide bonds. The Hall–Kier alpha value is -1.40. The number of benzene rings is 1. The molecule has 0 N–H and O–H groups in total. The van der Waals surface area contributed by atoms with Crippen LogP contribution in [0.4, 0.5) is 0 Å². The molecule has 2 aliphatic heterocycles. The Morgan fingerprint density at radius 3 is 2.08 bits per heavy atom. The van der Waals surface area contributed by atoms with Crippen LogP contribution >= 0.6 is 0 Å². The van der Waals surface area contributed by atoms with Crippen molar-refractivity contribution in [1.82, 2.24) is 9.21 Å². The Balaban J connectivity index is 1.51. The highest BCUT2D eigenvalue weighted by atomic mass is 32.2. The number of hydrogen-bond acceptors (Lipinski definition) is 3. The molecule has 2 fully saturated rings. The first-order valence-corrected chi connectivity index (χ1v) is 10.6. The van der Waals surface area contributed by atoms with Crippen LogP contribution in [0, 0.1) is 5.92 Å². The maximum Gasteiger partial charge on any atom is 0.225 e. The van der Waals surface area contributed by atoms with Crippen molar-refractivity contribution in [3.05, 3.63) is 35.9 Å². The van der Waals surface area contributed by atoms with Gasteiger partial charge < -0.3 is 4.90 Å². The number of amides is 1. The van der Waals surface area contributed by atoms with Gasteiger partial charge in [-0.1, -0.05) is 30.3 Å². The van der Waals surface area contributed by atoms with E-state index in [0.717, 1.165) is 25.9 Å².